The van der Waals surface area contributed by atoms with Crippen molar-refractivity contribution in [1.82, 2.24) is 5.32 Å². The smallest absolute Gasteiger partial charge is 0.416 e. The number of amides is 1. The van der Waals surface area contributed by atoms with Gasteiger partial charge >= 0.3 is 6.18 Å². The quantitative estimate of drug-likeness (QED) is 0.748. The number of carbonyl (C=O) groups is 1. The van der Waals surface area contributed by atoms with Gasteiger partial charge in [0.1, 0.15) is 18.1 Å². The van der Waals surface area contributed by atoms with E-state index >= 15 is 0 Å². The SMILES string of the molecule is O=C(COc1ccc(Cl)cc1)NCCOc1cccc(C(F)(F)F)c1. The summed E-state index contributed by atoms with van der Waals surface area (Å²) in [5, 5.41) is 3.10. The van der Waals surface area contributed by atoms with Gasteiger partial charge in [-0.2, -0.15) is 13.2 Å². The Labute approximate surface area is 147 Å². The molecule has 0 atom stereocenters. The minimum Gasteiger partial charge on any atom is -0.492 e. The molecule has 2 aromatic carbocycles. The predicted molar refractivity (Wildman–Crippen MR) is 86.9 cm³/mol. The minimum absolute atomic E-state index is 0.0357. The highest BCUT2D eigenvalue weighted by Gasteiger charge is 2.30. The maximum Gasteiger partial charge on any atom is 0.416 e. The molecule has 0 aliphatic carbocycles. The Bertz CT molecular complexity index is 705. The van der Waals surface area contributed by atoms with E-state index in [4.69, 9.17) is 21.1 Å². The molecule has 0 radical (unpaired) electrons. The van der Waals surface area contributed by atoms with Crippen molar-refractivity contribution in [3.63, 3.8) is 0 Å². The van der Waals surface area contributed by atoms with E-state index in [9.17, 15) is 18.0 Å². The van der Waals surface area contributed by atoms with Crippen molar-refractivity contribution in [3.05, 3.63) is 59.1 Å². The molecule has 25 heavy (non-hydrogen) atoms. The van der Waals surface area contributed by atoms with Gasteiger partial charge in [-0.1, -0.05) is 17.7 Å². The molecule has 1 N–H and O–H groups in total. The van der Waals surface area contributed by atoms with Crippen molar-refractivity contribution in [1.29, 1.82) is 0 Å². The van der Waals surface area contributed by atoms with Crippen LogP contribution in [0.15, 0.2) is 48.5 Å². The maximum atomic E-state index is 12.6. The molecule has 0 bridgehead atoms. The highest BCUT2D eigenvalue weighted by atomic mass is 35.5. The molecule has 134 valence electrons. The summed E-state index contributed by atoms with van der Waals surface area (Å²) in [4.78, 5) is 11.6. The third-order valence-corrected chi connectivity index (χ3v) is 3.29. The van der Waals surface area contributed by atoms with Gasteiger partial charge in [-0.05, 0) is 42.5 Å². The van der Waals surface area contributed by atoms with E-state index in [2.05, 4.69) is 5.32 Å². The van der Waals surface area contributed by atoms with Crippen LogP contribution in [-0.2, 0) is 11.0 Å². The van der Waals surface area contributed by atoms with Gasteiger partial charge in [-0.25, -0.2) is 0 Å². The third kappa shape index (κ3) is 6.54. The van der Waals surface area contributed by atoms with Crippen LogP contribution in [0.2, 0.25) is 5.02 Å². The Kier molecular flexibility index (Phi) is 6.52. The van der Waals surface area contributed by atoms with Crippen molar-refractivity contribution in [2.45, 2.75) is 6.18 Å². The van der Waals surface area contributed by atoms with Crippen LogP contribution in [-0.4, -0.2) is 25.7 Å². The molecule has 2 rings (SSSR count). The number of rotatable bonds is 7. The Morgan fingerprint density at radius 3 is 2.44 bits per heavy atom. The number of alkyl halides is 3. The van der Waals surface area contributed by atoms with Crippen LogP contribution in [0, 0.1) is 0 Å². The monoisotopic (exact) mass is 373 g/mol. The van der Waals surface area contributed by atoms with Crippen molar-refractivity contribution >= 4 is 17.5 Å². The summed E-state index contributed by atoms with van der Waals surface area (Å²) in [6.07, 6.45) is -4.42. The van der Waals surface area contributed by atoms with Gasteiger partial charge in [-0.3, -0.25) is 4.79 Å². The zero-order valence-electron chi connectivity index (χ0n) is 13.0. The molecular weight excluding hydrogens is 359 g/mol. The normalized spacial score (nSPS) is 11.0. The molecule has 0 saturated carbocycles. The van der Waals surface area contributed by atoms with Crippen molar-refractivity contribution in [2.24, 2.45) is 0 Å². The fraction of sp³-hybridized carbons (Fsp3) is 0.235. The van der Waals surface area contributed by atoms with Crippen LogP contribution in [0.1, 0.15) is 5.56 Å². The second-order valence-electron chi connectivity index (χ2n) is 4.97. The topological polar surface area (TPSA) is 47.6 Å². The molecule has 2 aromatic rings. The number of hydrogen-bond donors (Lipinski definition) is 1. The lowest BCUT2D eigenvalue weighted by atomic mass is 10.2. The summed E-state index contributed by atoms with van der Waals surface area (Å²) >= 11 is 5.73. The van der Waals surface area contributed by atoms with Crippen molar-refractivity contribution in [3.8, 4) is 11.5 Å². The van der Waals surface area contributed by atoms with Crippen LogP contribution >= 0.6 is 11.6 Å². The van der Waals surface area contributed by atoms with E-state index in [0.717, 1.165) is 12.1 Å². The molecule has 0 heterocycles. The minimum atomic E-state index is -4.42. The van der Waals surface area contributed by atoms with Gasteiger partial charge in [0.25, 0.3) is 5.91 Å². The van der Waals surface area contributed by atoms with Gasteiger partial charge in [0.05, 0.1) is 12.1 Å². The first-order valence-corrected chi connectivity index (χ1v) is 7.67. The number of hydrogen-bond acceptors (Lipinski definition) is 3. The average molecular weight is 374 g/mol. The number of carbonyl (C=O) groups excluding carboxylic acids is 1. The summed E-state index contributed by atoms with van der Waals surface area (Å²) < 4.78 is 48.2. The maximum absolute atomic E-state index is 12.6. The van der Waals surface area contributed by atoms with Gasteiger partial charge in [0, 0.05) is 5.02 Å². The Balaban J connectivity index is 1.68. The lowest BCUT2D eigenvalue weighted by Crippen LogP contribution is -2.32. The second-order valence-corrected chi connectivity index (χ2v) is 5.40. The Hall–Kier alpha value is -2.41. The largest absolute Gasteiger partial charge is 0.492 e. The molecule has 0 spiro atoms. The van der Waals surface area contributed by atoms with E-state index in [1.807, 2.05) is 0 Å². The summed E-state index contributed by atoms with van der Waals surface area (Å²) in [5.41, 5.74) is -0.787. The molecule has 0 aromatic heterocycles. The van der Waals surface area contributed by atoms with Gasteiger partial charge in [-0.15, -0.1) is 0 Å². The van der Waals surface area contributed by atoms with Crippen LogP contribution < -0.4 is 14.8 Å². The standard InChI is InChI=1S/C17H15ClF3NO3/c18-13-4-6-14(7-5-13)25-11-16(23)22-8-9-24-15-3-1-2-12(10-15)17(19,20)21/h1-7,10H,8-9,11H2,(H,22,23). The fourth-order valence-electron chi connectivity index (χ4n) is 1.85. The second kappa shape index (κ2) is 8.62. The van der Waals surface area contributed by atoms with Crippen LogP contribution in [0.5, 0.6) is 11.5 Å². The molecule has 0 fully saturated rings. The van der Waals surface area contributed by atoms with Crippen LogP contribution in [0.25, 0.3) is 0 Å². The van der Waals surface area contributed by atoms with Gasteiger partial charge in [0.15, 0.2) is 6.61 Å². The highest BCUT2D eigenvalue weighted by Crippen LogP contribution is 2.31. The van der Waals surface area contributed by atoms with E-state index in [-0.39, 0.29) is 31.4 Å². The van der Waals surface area contributed by atoms with E-state index < -0.39 is 11.7 Å². The van der Waals surface area contributed by atoms with Gasteiger partial charge in [0.2, 0.25) is 0 Å². The first-order valence-electron chi connectivity index (χ1n) is 7.30. The molecule has 4 nitrogen and oxygen atoms in total. The summed E-state index contributed by atoms with van der Waals surface area (Å²) in [7, 11) is 0. The van der Waals surface area contributed by atoms with Gasteiger partial charge < -0.3 is 14.8 Å². The average Bonchev–Trinajstić information content (AvgIpc) is 2.58. The molecule has 0 unspecified atom stereocenters. The molecule has 8 heteroatoms. The zero-order valence-corrected chi connectivity index (χ0v) is 13.7. The number of benzene rings is 2. The Morgan fingerprint density at radius 2 is 1.76 bits per heavy atom. The molecule has 0 aliphatic heterocycles. The molecule has 0 saturated heterocycles. The molecular formula is C17H15ClF3NO3. The summed E-state index contributed by atoms with van der Waals surface area (Å²) in [6, 6.07) is 11.1. The van der Waals surface area contributed by atoms with Crippen molar-refractivity contribution < 1.29 is 27.4 Å². The summed E-state index contributed by atoms with van der Waals surface area (Å²) in [5.74, 6) is 0.212. The highest BCUT2D eigenvalue weighted by molar-refractivity contribution is 6.30. The fourth-order valence-corrected chi connectivity index (χ4v) is 1.98. The van der Waals surface area contributed by atoms with E-state index in [1.54, 1.807) is 24.3 Å². The van der Waals surface area contributed by atoms with Crippen LogP contribution in [0.4, 0.5) is 13.2 Å². The number of nitrogens with one attached hydrogen (secondary N) is 1. The zero-order chi connectivity index (χ0) is 18.3. The predicted octanol–water partition coefficient (Wildman–Crippen LogP) is 3.93. The molecule has 1 amide bonds. The molecule has 0 aliphatic rings. The van der Waals surface area contributed by atoms with Crippen molar-refractivity contribution in [2.75, 3.05) is 19.8 Å². The lowest BCUT2D eigenvalue weighted by molar-refractivity contribution is -0.137. The van der Waals surface area contributed by atoms with E-state index in [0.29, 0.717) is 10.8 Å². The number of halogens is 4. The lowest BCUT2D eigenvalue weighted by Gasteiger charge is -2.11. The number of ether oxygens (including phenoxy) is 2. The Morgan fingerprint density at radius 1 is 1.04 bits per heavy atom. The summed E-state index contributed by atoms with van der Waals surface area (Å²) in [6.45, 7) is -0.0156. The van der Waals surface area contributed by atoms with Crippen LogP contribution in [0.3, 0.4) is 0 Å². The third-order valence-electron chi connectivity index (χ3n) is 3.04. The first-order chi connectivity index (χ1) is 11.8. The van der Waals surface area contributed by atoms with E-state index in [1.165, 1.54) is 12.1 Å². The first kappa shape index (κ1) is 18.9.